The highest BCUT2D eigenvalue weighted by molar-refractivity contribution is 4.84. The Morgan fingerprint density at radius 2 is 2.14 bits per heavy atom. The average molecular weight is 196 g/mol. The van der Waals surface area contributed by atoms with Gasteiger partial charge in [0.2, 0.25) is 0 Å². The number of hydrogen-bond donors (Lipinski definition) is 1. The average Bonchev–Trinajstić information content (AvgIpc) is 2.49. The van der Waals surface area contributed by atoms with E-state index in [9.17, 15) is 0 Å². The molecule has 0 saturated carbocycles. The first-order valence-corrected chi connectivity index (χ1v) is 5.10. The quantitative estimate of drug-likeness (QED) is 0.792. The van der Waals surface area contributed by atoms with Crippen LogP contribution in [0.1, 0.15) is 33.5 Å². The molecule has 0 spiro atoms. The zero-order valence-electron chi connectivity index (χ0n) is 9.54. The summed E-state index contributed by atoms with van der Waals surface area (Å²) >= 11 is 0. The van der Waals surface area contributed by atoms with Crippen molar-refractivity contribution in [3.8, 4) is 0 Å². The van der Waals surface area contributed by atoms with E-state index in [1.54, 1.807) is 6.33 Å². The zero-order chi connectivity index (χ0) is 10.6. The molecule has 0 aliphatic carbocycles. The van der Waals surface area contributed by atoms with Crippen LogP contribution in [0.4, 0.5) is 0 Å². The predicted molar refractivity (Wildman–Crippen MR) is 56.9 cm³/mol. The molecule has 4 heteroatoms. The van der Waals surface area contributed by atoms with Crippen LogP contribution in [-0.2, 0) is 13.1 Å². The molecule has 0 aliphatic rings. The van der Waals surface area contributed by atoms with Crippen molar-refractivity contribution in [2.24, 2.45) is 5.41 Å². The summed E-state index contributed by atoms with van der Waals surface area (Å²) in [6.07, 6.45) is 1.77. The topological polar surface area (TPSA) is 42.7 Å². The van der Waals surface area contributed by atoms with E-state index in [2.05, 4.69) is 47.8 Å². The fourth-order valence-electron chi connectivity index (χ4n) is 1.23. The molecule has 4 nitrogen and oxygen atoms in total. The zero-order valence-corrected chi connectivity index (χ0v) is 9.54. The van der Waals surface area contributed by atoms with E-state index >= 15 is 0 Å². The van der Waals surface area contributed by atoms with Gasteiger partial charge in [-0.05, 0) is 12.3 Å². The summed E-state index contributed by atoms with van der Waals surface area (Å²) in [4.78, 5) is 0. The molecule has 0 unspecified atom stereocenters. The summed E-state index contributed by atoms with van der Waals surface area (Å²) in [6.45, 7) is 11.4. The largest absolute Gasteiger partial charge is 0.317 e. The SMILES string of the molecule is CCn1cnnc1CNCC(C)(C)C. The first-order chi connectivity index (χ1) is 6.53. The van der Waals surface area contributed by atoms with Gasteiger partial charge in [0.15, 0.2) is 0 Å². The summed E-state index contributed by atoms with van der Waals surface area (Å²) < 4.78 is 2.05. The number of aromatic nitrogens is 3. The monoisotopic (exact) mass is 196 g/mol. The Kier molecular flexibility index (Phi) is 3.63. The number of nitrogens with zero attached hydrogens (tertiary/aromatic N) is 3. The number of rotatable bonds is 4. The number of aryl methyl sites for hydroxylation is 1. The lowest BCUT2D eigenvalue weighted by Gasteiger charge is -2.18. The van der Waals surface area contributed by atoms with Gasteiger partial charge in [0.1, 0.15) is 12.2 Å². The van der Waals surface area contributed by atoms with Crippen molar-refractivity contribution >= 4 is 0 Å². The summed E-state index contributed by atoms with van der Waals surface area (Å²) in [5, 5.41) is 11.3. The summed E-state index contributed by atoms with van der Waals surface area (Å²) in [6, 6.07) is 0. The molecule has 0 aromatic carbocycles. The molecule has 1 N–H and O–H groups in total. The molecule has 14 heavy (non-hydrogen) atoms. The number of hydrogen-bond acceptors (Lipinski definition) is 3. The van der Waals surface area contributed by atoms with Gasteiger partial charge in [-0.15, -0.1) is 10.2 Å². The molecular weight excluding hydrogens is 176 g/mol. The maximum atomic E-state index is 4.06. The molecule has 0 bridgehead atoms. The molecule has 1 aromatic heterocycles. The second-order valence-electron chi connectivity index (χ2n) is 4.70. The third-order valence-electron chi connectivity index (χ3n) is 1.97. The fourth-order valence-corrected chi connectivity index (χ4v) is 1.23. The van der Waals surface area contributed by atoms with E-state index in [1.165, 1.54) is 0 Å². The van der Waals surface area contributed by atoms with E-state index in [0.29, 0.717) is 5.41 Å². The highest BCUT2D eigenvalue weighted by Crippen LogP contribution is 2.10. The first-order valence-electron chi connectivity index (χ1n) is 5.10. The predicted octanol–water partition coefficient (Wildman–Crippen LogP) is 1.43. The van der Waals surface area contributed by atoms with Crippen LogP contribution in [0, 0.1) is 5.41 Å². The summed E-state index contributed by atoms with van der Waals surface area (Å²) in [5.41, 5.74) is 0.317. The van der Waals surface area contributed by atoms with Crippen LogP contribution in [0.3, 0.4) is 0 Å². The second kappa shape index (κ2) is 4.55. The van der Waals surface area contributed by atoms with Gasteiger partial charge in [0.25, 0.3) is 0 Å². The van der Waals surface area contributed by atoms with Crippen LogP contribution >= 0.6 is 0 Å². The Morgan fingerprint density at radius 3 is 2.71 bits per heavy atom. The van der Waals surface area contributed by atoms with E-state index in [4.69, 9.17) is 0 Å². The van der Waals surface area contributed by atoms with Gasteiger partial charge in [-0.1, -0.05) is 20.8 Å². The van der Waals surface area contributed by atoms with Gasteiger partial charge in [-0.25, -0.2) is 0 Å². The van der Waals surface area contributed by atoms with Crippen molar-refractivity contribution in [3.05, 3.63) is 12.2 Å². The van der Waals surface area contributed by atoms with Crippen molar-refractivity contribution < 1.29 is 0 Å². The van der Waals surface area contributed by atoms with Crippen LogP contribution in [0.2, 0.25) is 0 Å². The maximum Gasteiger partial charge on any atom is 0.146 e. The minimum Gasteiger partial charge on any atom is -0.317 e. The van der Waals surface area contributed by atoms with Crippen molar-refractivity contribution in [1.82, 2.24) is 20.1 Å². The van der Waals surface area contributed by atoms with Crippen molar-refractivity contribution in [3.63, 3.8) is 0 Å². The Labute approximate surface area is 85.7 Å². The standard InChI is InChI=1S/C10H20N4/c1-5-14-8-12-13-9(14)6-11-7-10(2,3)4/h8,11H,5-7H2,1-4H3. The van der Waals surface area contributed by atoms with Gasteiger partial charge in [-0.2, -0.15) is 0 Å². The second-order valence-corrected chi connectivity index (χ2v) is 4.70. The Morgan fingerprint density at radius 1 is 1.43 bits per heavy atom. The molecular formula is C10H20N4. The van der Waals surface area contributed by atoms with Crippen LogP contribution in [-0.4, -0.2) is 21.3 Å². The lowest BCUT2D eigenvalue weighted by atomic mass is 9.97. The third-order valence-corrected chi connectivity index (χ3v) is 1.97. The van der Waals surface area contributed by atoms with Crippen LogP contribution in [0.5, 0.6) is 0 Å². The first kappa shape index (κ1) is 11.2. The Balaban J connectivity index is 2.38. The molecule has 1 aromatic rings. The van der Waals surface area contributed by atoms with Crippen LogP contribution in [0.15, 0.2) is 6.33 Å². The van der Waals surface area contributed by atoms with Crippen molar-refractivity contribution in [2.45, 2.75) is 40.8 Å². The lowest BCUT2D eigenvalue weighted by Crippen LogP contribution is -2.27. The highest BCUT2D eigenvalue weighted by Gasteiger charge is 2.10. The molecule has 0 saturated heterocycles. The van der Waals surface area contributed by atoms with Gasteiger partial charge in [-0.3, -0.25) is 0 Å². The Hall–Kier alpha value is -0.900. The fraction of sp³-hybridized carbons (Fsp3) is 0.800. The molecule has 0 fully saturated rings. The van der Waals surface area contributed by atoms with Gasteiger partial charge >= 0.3 is 0 Å². The summed E-state index contributed by atoms with van der Waals surface area (Å²) in [7, 11) is 0. The van der Waals surface area contributed by atoms with Gasteiger partial charge < -0.3 is 9.88 Å². The van der Waals surface area contributed by atoms with E-state index in [-0.39, 0.29) is 0 Å². The van der Waals surface area contributed by atoms with E-state index in [0.717, 1.165) is 25.5 Å². The van der Waals surface area contributed by atoms with Gasteiger partial charge in [0, 0.05) is 13.1 Å². The normalized spacial score (nSPS) is 12.0. The van der Waals surface area contributed by atoms with Crippen LogP contribution < -0.4 is 5.32 Å². The van der Waals surface area contributed by atoms with Crippen LogP contribution in [0.25, 0.3) is 0 Å². The molecule has 1 heterocycles. The molecule has 0 amide bonds. The smallest absolute Gasteiger partial charge is 0.146 e. The molecule has 1 rings (SSSR count). The van der Waals surface area contributed by atoms with Crippen molar-refractivity contribution in [2.75, 3.05) is 6.54 Å². The maximum absolute atomic E-state index is 4.06. The van der Waals surface area contributed by atoms with E-state index in [1.807, 2.05) is 0 Å². The van der Waals surface area contributed by atoms with E-state index < -0.39 is 0 Å². The summed E-state index contributed by atoms with van der Waals surface area (Å²) in [5.74, 6) is 1.01. The minimum absolute atomic E-state index is 0.317. The molecule has 80 valence electrons. The minimum atomic E-state index is 0.317. The Bertz CT molecular complexity index is 272. The van der Waals surface area contributed by atoms with Crippen molar-refractivity contribution in [1.29, 1.82) is 0 Å². The third kappa shape index (κ3) is 3.46. The molecule has 0 atom stereocenters. The highest BCUT2D eigenvalue weighted by atomic mass is 15.3. The molecule has 0 radical (unpaired) electrons. The number of nitrogens with one attached hydrogen (secondary N) is 1. The lowest BCUT2D eigenvalue weighted by molar-refractivity contribution is 0.375. The van der Waals surface area contributed by atoms with Gasteiger partial charge in [0.05, 0.1) is 6.54 Å². The molecule has 0 aliphatic heterocycles.